The smallest absolute Gasteiger partial charge is 0.219 e. The lowest BCUT2D eigenvalue weighted by Gasteiger charge is -2.04. The molecule has 0 aliphatic rings. The van der Waals surface area contributed by atoms with Crippen LogP contribution in [-0.2, 0) is 0 Å². The second-order valence-electron chi connectivity index (χ2n) is 2.99. The van der Waals surface area contributed by atoms with Crippen LogP contribution in [-0.4, -0.2) is 4.98 Å². The maximum absolute atomic E-state index is 13.2. The first-order valence-electron chi connectivity index (χ1n) is 4.39. The number of ether oxygens (including phenoxy) is 1. The largest absolute Gasteiger partial charge is 0.439 e. The third-order valence-corrected chi connectivity index (χ3v) is 2.68. The SMILES string of the molecule is Fc1cc(Oc2ccc(Cl)cn2)ccc1Br. The van der Waals surface area contributed by atoms with Crippen molar-refractivity contribution in [2.24, 2.45) is 0 Å². The Morgan fingerprint density at radius 2 is 2.06 bits per heavy atom. The molecular weight excluding hydrogens is 296 g/mol. The van der Waals surface area contributed by atoms with E-state index in [1.165, 1.54) is 12.3 Å². The van der Waals surface area contributed by atoms with E-state index in [-0.39, 0.29) is 5.82 Å². The van der Waals surface area contributed by atoms with Crippen molar-refractivity contribution in [2.75, 3.05) is 0 Å². The van der Waals surface area contributed by atoms with Crippen molar-refractivity contribution < 1.29 is 9.13 Å². The number of benzene rings is 1. The summed E-state index contributed by atoms with van der Waals surface area (Å²) in [6.07, 6.45) is 1.46. The summed E-state index contributed by atoms with van der Waals surface area (Å²) in [6, 6.07) is 7.76. The minimum atomic E-state index is -0.383. The van der Waals surface area contributed by atoms with Gasteiger partial charge in [-0.3, -0.25) is 0 Å². The lowest BCUT2D eigenvalue weighted by Crippen LogP contribution is -1.88. The number of pyridine rings is 1. The summed E-state index contributed by atoms with van der Waals surface area (Å²) in [6.45, 7) is 0. The number of hydrogen-bond acceptors (Lipinski definition) is 2. The van der Waals surface area contributed by atoms with Gasteiger partial charge in [0.05, 0.1) is 9.50 Å². The van der Waals surface area contributed by atoms with E-state index in [1.54, 1.807) is 24.3 Å². The third-order valence-electron chi connectivity index (χ3n) is 1.81. The Morgan fingerprint density at radius 1 is 1.25 bits per heavy atom. The van der Waals surface area contributed by atoms with Crippen LogP contribution in [0.3, 0.4) is 0 Å². The summed E-state index contributed by atoms with van der Waals surface area (Å²) < 4.78 is 18.9. The minimum Gasteiger partial charge on any atom is -0.439 e. The van der Waals surface area contributed by atoms with E-state index in [4.69, 9.17) is 16.3 Å². The highest BCUT2D eigenvalue weighted by molar-refractivity contribution is 9.10. The fourth-order valence-electron chi connectivity index (χ4n) is 1.08. The maximum atomic E-state index is 13.2. The number of hydrogen-bond donors (Lipinski definition) is 0. The zero-order chi connectivity index (χ0) is 11.5. The highest BCUT2D eigenvalue weighted by atomic mass is 79.9. The van der Waals surface area contributed by atoms with Gasteiger partial charge in [-0.15, -0.1) is 0 Å². The minimum absolute atomic E-state index is 0.367. The molecule has 0 N–H and O–H groups in total. The molecule has 5 heteroatoms. The molecule has 1 aromatic heterocycles. The molecule has 0 atom stereocenters. The van der Waals surface area contributed by atoms with Crippen LogP contribution < -0.4 is 4.74 Å². The van der Waals surface area contributed by atoms with Crippen LogP contribution in [0.5, 0.6) is 11.6 Å². The molecule has 0 amide bonds. The second-order valence-corrected chi connectivity index (χ2v) is 4.28. The highest BCUT2D eigenvalue weighted by Gasteiger charge is 2.03. The fourth-order valence-corrected chi connectivity index (χ4v) is 1.44. The Balaban J connectivity index is 2.20. The standard InChI is InChI=1S/C11H6BrClFNO/c12-9-3-2-8(5-10(9)14)16-11-4-1-7(13)6-15-11/h1-6H. The molecule has 0 saturated heterocycles. The monoisotopic (exact) mass is 301 g/mol. The van der Waals surface area contributed by atoms with E-state index >= 15 is 0 Å². The summed E-state index contributed by atoms with van der Waals surface area (Å²) in [5, 5.41) is 0.523. The van der Waals surface area contributed by atoms with E-state index in [2.05, 4.69) is 20.9 Å². The van der Waals surface area contributed by atoms with Crippen LogP contribution in [0.25, 0.3) is 0 Å². The number of aromatic nitrogens is 1. The zero-order valence-electron chi connectivity index (χ0n) is 7.95. The lowest BCUT2D eigenvalue weighted by atomic mass is 10.3. The van der Waals surface area contributed by atoms with Gasteiger partial charge in [0.25, 0.3) is 0 Å². The van der Waals surface area contributed by atoms with Crippen molar-refractivity contribution in [2.45, 2.75) is 0 Å². The maximum Gasteiger partial charge on any atom is 0.219 e. The Morgan fingerprint density at radius 3 is 2.69 bits per heavy atom. The van der Waals surface area contributed by atoms with Gasteiger partial charge in [0.15, 0.2) is 0 Å². The van der Waals surface area contributed by atoms with Crippen molar-refractivity contribution in [3.05, 3.63) is 51.8 Å². The Bertz CT molecular complexity index is 504. The van der Waals surface area contributed by atoms with Crippen molar-refractivity contribution in [1.82, 2.24) is 4.98 Å². The molecule has 0 saturated carbocycles. The summed E-state index contributed by atoms with van der Waals surface area (Å²) in [7, 11) is 0. The zero-order valence-corrected chi connectivity index (χ0v) is 10.3. The van der Waals surface area contributed by atoms with E-state index < -0.39 is 0 Å². The first kappa shape index (κ1) is 11.4. The molecule has 1 aromatic carbocycles. The van der Waals surface area contributed by atoms with Crippen LogP contribution in [0.1, 0.15) is 0 Å². The molecule has 2 aromatic rings. The molecule has 0 aliphatic heterocycles. The van der Waals surface area contributed by atoms with Gasteiger partial charge in [0.2, 0.25) is 5.88 Å². The van der Waals surface area contributed by atoms with Crippen LogP contribution in [0.4, 0.5) is 4.39 Å². The van der Waals surface area contributed by atoms with Crippen molar-refractivity contribution >= 4 is 27.5 Å². The topological polar surface area (TPSA) is 22.1 Å². The van der Waals surface area contributed by atoms with Crippen molar-refractivity contribution in [3.8, 4) is 11.6 Å². The molecule has 0 spiro atoms. The third kappa shape index (κ3) is 2.71. The summed E-state index contributed by atoms with van der Waals surface area (Å²) in [4.78, 5) is 3.94. The predicted octanol–water partition coefficient (Wildman–Crippen LogP) is 4.43. The van der Waals surface area contributed by atoms with E-state index in [9.17, 15) is 4.39 Å². The molecule has 2 nitrogen and oxygen atoms in total. The molecule has 2 rings (SSSR count). The first-order chi connectivity index (χ1) is 7.65. The fraction of sp³-hybridized carbons (Fsp3) is 0. The summed E-state index contributed by atoms with van der Waals surface area (Å²) in [5.41, 5.74) is 0. The van der Waals surface area contributed by atoms with Gasteiger partial charge in [-0.05, 0) is 34.1 Å². The highest BCUT2D eigenvalue weighted by Crippen LogP contribution is 2.24. The van der Waals surface area contributed by atoms with Gasteiger partial charge >= 0.3 is 0 Å². The van der Waals surface area contributed by atoms with Gasteiger partial charge < -0.3 is 4.74 Å². The number of halogens is 3. The lowest BCUT2D eigenvalue weighted by molar-refractivity contribution is 0.457. The van der Waals surface area contributed by atoms with Gasteiger partial charge in [0, 0.05) is 18.3 Å². The number of nitrogens with zero attached hydrogens (tertiary/aromatic N) is 1. The van der Waals surface area contributed by atoms with Gasteiger partial charge in [-0.1, -0.05) is 11.6 Å². The molecule has 82 valence electrons. The molecule has 0 unspecified atom stereocenters. The molecule has 1 heterocycles. The summed E-state index contributed by atoms with van der Waals surface area (Å²) in [5.74, 6) is 0.369. The Labute approximate surface area is 105 Å². The quantitative estimate of drug-likeness (QED) is 0.819. The first-order valence-corrected chi connectivity index (χ1v) is 5.57. The van der Waals surface area contributed by atoms with Gasteiger partial charge in [-0.25, -0.2) is 9.37 Å². The Kier molecular flexibility index (Phi) is 3.41. The van der Waals surface area contributed by atoms with Crippen LogP contribution in [0.2, 0.25) is 5.02 Å². The second kappa shape index (κ2) is 4.80. The molecule has 0 bridgehead atoms. The molecule has 0 fully saturated rings. The molecule has 16 heavy (non-hydrogen) atoms. The average Bonchev–Trinajstić information content (AvgIpc) is 2.27. The molecule has 0 radical (unpaired) electrons. The van der Waals surface area contributed by atoms with Gasteiger partial charge in [0.1, 0.15) is 11.6 Å². The van der Waals surface area contributed by atoms with Crippen LogP contribution in [0, 0.1) is 5.82 Å². The van der Waals surface area contributed by atoms with Gasteiger partial charge in [-0.2, -0.15) is 0 Å². The van der Waals surface area contributed by atoms with Crippen molar-refractivity contribution in [3.63, 3.8) is 0 Å². The average molecular weight is 303 g/mol. The van der Waals surface area contributed by atoms with E-state index in [0.29, 0.717) is 21.1 Å². The molecular formula is C11H6BrClFNO. The molecule has 0 aliphatic carbocycles. The van der Waals surface area contributed by atoms with Crippen LogP contribution in [0.15, 0.2) is 41.0 Å². The van der Waals surface area contributed by atoms with E-state index in [0.717, 1.165) is 0 Å². The predicted molar refractivity (Wildman–Crippen MR) is 63.4 cm³/mol. The van der Waals surface area contributed by atoms with Crippen LogP contribution >= 0.6 is 27.5 Å². The van der Waals surface area contributed by atoms with Crippen molar-refractivity contribution in [1.29, 1.82) is 0 Å². The Hall–Kier alpha value is -1.13. The normalized spacial score (nSPS) is 10.2. The number of rotatable bonds is 2. The summed E-state index contributed by atoms with van der Waals surface area (Å²) >= 11 is 8.74. The van der Waals surface area contributed by atoms with E-state index in [1.807, 2.05) is 0 Å².